The minimum Gasteiger partial charge on any atom is -0.494 e. The first kappa shape index (κ1) is 14.0. The van der Waals surface area contributed by atoms with Gasteiger partial charge in [-0.15, -0.1) is 0 Å². The second-order valence-electron chi connectivity index (χ2n) is 5.74. The fraction of sp³-hybridized carbons (Fsp3) is 0.600. The van der Waals surface area contributed by atoms with Gasteiger partial charge in [0.1, 0.15) is 5.75 Å². The molecule has 96 valence electrons. The second kappa shape index (κ2) is 6.06. The summed E-state index contributed by atoms with van der Waals surface area (Å²) in [6.45, 7) is 9.53. The fourth-order valence-electron chi connectivity index (χ4n) is 1.52. The molecule has 0 amide bonds. The molecule has 1 aromatic rings. The van der Waals surface area contributed by atoms with Crippen molar-refractivity contribution in [2.45, 2.75) is 46.6 Å². The Balaban J connectivity index is 2.46. The quantitative estimate of drug-likeness (QED) is 0.839. The van der Waals surface area contributed by atoms with Gasteiger partial charge in [-0.1, -0.05) is 39.8 Å². The maximum atomic E-state index is 5.96. The van der Waals surface area contributed by atoms with Gasteiger partial charge in [-0.25, -0.2) is 0 Å². The zero-order valence-corrected chi connectivity index (χ0v) is 11.5. The van der Waals surface area contributed by atoms with Gasteiger partial charge >= 0.3 is 0 Å². The summed E-state index contributed by atoms with van der Waals surface area (Å²) in [6.07, 6.45) is 2.02. The van der Waals surface area contributed by atoms with Gasteiger partial charge in [-0.05, 0) is 36.0 Å². The normalized spacial score (nSPS) is 13.5. The number of rotatable bonds is 5. The van der Waals surface area contributed by atoms with E-state index in [0.29, 0.717) is 5.41 Å². The topological polar surface area (TPSA) is 35.2 Å². The zero-order valence-electron chi connectivity index (χ0n) is 11.5. The first-order chi connectivity index (χ1) is 7.92. The molecule has 2 heteroatoms. The predicted octanol–water partition coefficient (Wildman–Crippen LogP) is 3.91. The monoisotopic (exact) mass is 235 g/mol. The van der Waals surface area contributed by atoms with Crippen LogP contribution in [0.4, 0.5) is 0 Å². The third kappa shape index (κ3) is 5.22. The Bertz CT molecular complexity index is 324. The van der Waals surface area contributed by atoms with Crippen molar-refractivity contribution in [1.82, 2.24) is 0 Å². The predicted molar refractivity (Wildman–Crippen MR) is 73.2 cm³/mol. The lowest BCUT2D eigenvalue weighted by Crippen LogP contribution is -2.11. The van der Waals surface area contributed by atoms with Gasteiger partial charge in [0.25, 0.3) is 0 Å². The molecule has 2 N–H and O–H groups in total. The summed E-state index contributed by atoms with van der Waals surface area (Å²) in [4.78, 5) is 0. The molecule has 1 rings (SSSR count). The van der Waals surface area contributed by atoms with Crippen LogP contribution in [0.15, 0.2) is 24.3 Å². The summed E-state index contributed by atoms with van der Waals surface area (Å²) >= 11 is 0. The van der Waals surface area contributed by atoms with Crippen molar-refractivity contribution >= 4 is 0 Å². The lowest BCUT2D eigenvalue weighted by Gasteiger charge is -2.18. The van der Waals surface area contributed by atoms with E-state index in [0.717, 1.165) is 25.2 Å². The first-order valence-electron chi connectivity index (χ1n) is 6.41. The third-order valence-electron chi connectivity index (χ3n) is 2.87. The summed E-state index contributed by atoms with van der Waals surface area (Å²) in [7, 11) is 0. The molecule has 1 atom stereocenters. The summed E-state index contributed by atoms with van der Waals surface area (Å²) < 4.78 is 5.71. The van der Waals surface area contributed by atoms with Crippen LogP contribution in [0.5, 0.6) is 5.75 Å². The number of benzene rings is 1. The maximum Gasteiger partial charge on any atom is 0.119 e. The Morgan fingerprint density at radius 3 is 2.24 bits per heavy atom. The van der Waals surface area contributed by atoms with Crippen molar-refractivity contribution in [2.75, 3.05) is 6.61 Å². The highest BCUT2D eigenvalue weighted by atomic mass is 16.5. The third-order valence-corrected chi connectivity index (χ3v) is 2.87. The van der Waals surface area contributed by atoms with Crippen LogP contribution in [0, 0.1) is 5.41 Å². The lowest BCUT2D eigenvalue weighted by atomic mass is 9.93. The van der Waals surface area contributed by atoms with Crippen LogP contribution >= 0.6 is 0 Å². The molecular formula is C15H25NO. The standard InChI is InChI=1S/C15H25NO/c1-5-14(16)12-6-8-13(9-7-12)17-11-10-15(2,3)4/h6-9,14H,5,10-11,16H2,1-4H3. The molecule has 17 heavy (non-hydrogen) atoms. The molecule has 0 saturated carbocycles. The van der Waals surface area contributed by atoms with Gasteiger partial charge in [0.15, 0.2) is 0 Å². The molecule has 2 nitrogen and oxygen atoms in total. The minimum absolute atomic E-state index is 0.138. The van der Waals surface area contributed by atoms with Crippen LogP contribution in [-0.2, 0) is 0 Å². The van der Waals surface area contributed by atoms with Gasteiger partial charge in [-0.2, -0.15) is 0 Å². The van der Waals surface area contributed by atoms with Gasteiger partial charge < -0.3 is 10.5 Å². The van der Waals surface area contributed by atoms with E-state index in [-0.39, 0.29) is 6.04 Å². The van der Waals surface area contributed by atoms with E-state index in [1.54, 1.807) is 0 Å². The molecule has 0 fully saturated rings. The van der Waals surface area contributed by atoms with Gasteiger partial charge in [0.2, 0.25) is 0 Å². The highest BCUT2D eigenvalue weighted by Gasteiger charge is 2.10. The van der Waals surface area contributed by atoms with Crippen molar-refractivity contribution in [3.63, 3.8) is 0 Å². The average molecular weight is 235 g/mol. The van der Waals surface area contributed by atoms with Crippen molar-refractivity contribution in [2.24, 2.45) is 11.1 Å². The number of nitrogens with two attached hydrogens (primary N) is 1. The van der Waals surface area contributed by atoms with Crippen LogP contribution in [-0.4, -0.2) is 6.61 Å². The fourth-order valence-corrected chi connectivity index (χ4v) is 1.52. The van der Waals surface area contributed by atoms with E-state index in [1.165, 1.54) is 5.56 Å². The van der Waals surface area contributed by atoms with E-state index < -0.39 is 0 Å². The molecule has 1 aromatic carbocycles. The number of hydrogen-bond acceptors (Lipinski definition) is 2. The van der Waals surface area contributed by atoms with Crippen LogP contribution in [0.3, 0.4) is 0 Å². The Hall–Kier alpha value is -1.02. The SMILES string of the molecule is CCC(N)c1ccc(OCCC(C)(C)C)cc1. The Kier molecular flexibility index (Phi) is 5.01. The van der Waals surface area contributed by atoms with Crippen molar-refractivity contribution in [3.05, 3.63) is 29.8 Å². The van der Waals surface area contributed by atoms with Crippen LogP contribution in [0.25, 0.3) is 0 Å². The smallest absolute Gasteiger partial charge is 0.119 e. The highest BCUT2D eigenvalue weighted by molar-refractivity contribution is 5.28. The van der Waals surface area contributed by atoms with Crippen molar-refractivity contribution in [3.8, 4) is 5.75 Å². The van der Waals surface area contributed by atoms with E-state index in [4.69, 9.17) is 10.5 Å². The van der Waals surface area contributed by atoms with E-state index in [9.17, 15) is 0 Å². The second-order valence-corrected chi connectivity index (χ2v) is 5.74. The van der Waals surface area contributed by atoms with Gasteiger partial charge in [0, 0.05) is 6.04 Å². The largest absolute Gasteiger partial charge is 0.494 e. The number of ether oxygens (including phenoxy) is 1. The molecule has 0 heterocycles. The van der Waals surface area contributed by atoms with Crippen molar-refractivity contribution < 1.29 is 4.74 Å². The molecule has 0 aliphatic rings. The molecule has 0 bridgehead atoms. The Morgan fingerprint density at radius 1 is 1.18 bits per heavy atom. The van der Waals surface area contributed by atoms with E-state index >= 15 is 0 Å². The first-order valence-corrected chi connectivity index (χ1v) is 6.41. The van der Waals surface area contributed by atoms with Crippen LogP contribution < -0.4 is 10.5 Å². The van der Waals surface area contributed by atoms with Gasteiger partial charge in [0.05, 0.1) is 6.61 Å². The molecule has 0 aliphatic carbocycles. The van der Waals surface area contributed by atoms with Crippen LogP contribution in [0.1, 0.15) is 52.1 Å². The molecule has 1 unspecified atom stereocenters. The van der Waals surface area contributed by atoms with Crippen molar-refractivity contribution in [1.29, 1.82) is 0 Å². The van der Waals surface area contributed by atoms with E-state index in [1.807, 2.05) is 12.1 Å². The lowest BCUT2D eigenvalue weighted by molar-refractivity contribution is 0.243. The Labute approximate surface area is 105 Å². The highest BCUT2D eigenvalue weighted by Crippen LogP contribution is 2.21. The minimum atomic E-state index is 0.138. The Morgan fingerprint density at radius 2 is 1.76 bits per heavy atom. The summed E-state index contributed by atoms with van der Waals surface area (Å²) in [5.41, 5.74) is 7.46. The maximum absolute atomic E-state index is 5.96. The summed E-state index contributed by atoms with van der Waals surface area (Å²) in [5.74, 6) is 0.932. The zero-order chi connectivity index (χ0) is 12.9. The van der Waals surface area contributed by atoms with Gasteiger partial charge in [-0.3, -0.25) is 0 Å². The average Bonchev–Trinajstić information content (AvgIpc) is 2.27. The summed E-state index contributed by atoms with van der Waals surface area (Å²) in [5, 5.41) is 0. The van der Waals surface area contributed by atoms with E-state index in [2.05, 4.69) is 39.8 Å². The molecule has 0 aromatic heterocycles. The molecular weight excluding hydrogens is 210 g/mol. The number of hydrogen-bond donors (Lipinski definition) is 1. The molecule has 0 saturated heterocycles. The van der Waals surface area contributed by atoms with Crippen LogP contribution in [0.2, 0.25) is 0 Å². The summed E-state index contributed by atoms with van der Waals surface area (Å²) in [6, 6.07) is 8.26. The molecule has 0 spiro atoms. The molecule has 0 radical (unpaired) electrons. The molecule has 0 aliphatic heterocycles.